The monoisotopic (exact) mass is 397 g/mol. The SMILES string of the molecule is Cc1ccc(NC(=O)C(C)C2CCN(C(=O)Nc3ccc(F)cc3)CC2)cc1C. The van der Waals surface area contributed by atoms with Crippen LogP contribution in [0.5, 0.6) is 0 Å². The lowest BCUT2D eigenvalue weighted by atomic mass is 9.85. The summed E-state index contributed by atoms with van der Waals surface area (Å²) < 4.78 is 13.0. The fourth-order valence-corrected chi connectivity index (χ4v) is 3.63. The van der Waals surface area contributed by atoms with Gasteiger partial charge in [-0.3, -0.25) is 4.79 Å². The van der Waals surface area contributed by atoms with E-state index in [0.29, 0.717) is 18.8 Å². The van der Waals surface area contributed by atoms with Crippen LogP contribution in [-0.2, 0) is 4.79 Å². The molecule has 1 aliphatic rings. The predicted molar refractivity (Wildman–Crippen MR) is 113 cm³/mol. The smallest absolute Gasteiger partial charge is 0.321 e. The fraction of sp³-hybridized carbons (Fsp3) is 0.391. The highest BCUT2D eigenvalue weighted by molar-refractivity contribution is 5.92. The predicted octanol–water partition coefficient (Wildman–Crippen LogP) is 4.96. The van der Waals surface area contributed by atoms with Crippen molar-refractivity contribution in [2.24, 2.45) is 11.8 Å². The molecule has 1 atom stereocenters. The molecular formula is C23H28FN3O2. The van der Waals surface area contributed by atoms with Crippen molar-refractivity contribution in [3.8, 4) is 0 Å². The summed E-state index contributed by atoms with van der Waals surface area (Å²) in [6, 6.07) is 11.4. The first-order chi connectivity index (χ1) is 13.8. The maximum absolute atomic E-state index is 13.0. The lowest BCUT2D eigenvalue weighted by molar-refractivity contribution is -0.121. The molecule has 0 aliphatic carbocycles. The summed E-state index contributed by atoms with van der Waals surface area (Å²) in [7, 11) is 0. The zero-order valence-corrected chi connectivity index (χ0v) is 17.2. The topological polar surface area (TPSA) is 61.4 Å². The number of nitrogens with one attached hydrogen (secondary N) is 2. The highest BCUT2D eigenvalue weighted by Gasteiger charge is 2.30. The van der Waals surface area contributed by atoms with E-state index in [2.05, 4.69) is 10.6 Å². The van der Waals surface area contributed by atoms with Crippen molar-refractivity contribution >= 4 is 23.3 Å². The van der Waals surface area contributed by atoms with Crippen LogP contribution < -0.4 is 10.6 Å². The van der Waals surface area contributed by atoms with Crippen LogP contribution in [0.4, 0.5) is 20.6 Å². The normalized spacial score (nSPS) is 15.7. The van der Waals surface area contributed by atoms with Gasteiger partial charge in [0, 0.05) is 30.4 Å². The molecule has 0 spiro atoms. The number of carbonyl (C=O) groups is 2. The molecule has 0 radical (unpaired) electrons. The van der Waals surface area contributed by atoms with Crippen LogP contribution in [0.25, 0.3) is 0 Å². The first-order valence-electron chi connectivity index (χ1n) is 10.0. The van der Waals surface area contributed by atoms with E-state index in [0.717, 1.165) is 24.1 Å². The van der Waals surface area contributed by atoms with Crippen LogP contribution in [-0.4, -0.2) is 29.9 Å². The van der Waals surface area contributed by atoms with E-state index in [-0.39, 0.29) is 29.6 Å². The van der Waals surface area contributed by atoms with Crippen molar-refractivity contribution in [2.45, 2.75) is 33.6 Å². The van der Waals surface area contributed by atoms with Gasteiger partial charge >= 0.3 is 6.03 Å². The number of likely N-dealkylation sites (tertiary alicyclic amines) is 1. The highest BCUT2D eigenvalue weighted by atomic mass is 19.1. The molecule has 1 saturated heterocycles. The minimum absolute atomic E-state index is 0.0162. The number of rotatable bonds is 4. The lowest BCUT2D eigenvalue weighted by Gasteiger charge is -2.34. The van der Waals surface area contributed by atoms with Gasteiger partial charge in [0.25, 0.3) is 0 Å². The Kier molecular flexibility index (Phi) is 6.52. The summed E-state index contributed by atoms with van der Waals surface area (Å²) in [4.78, 5) is 26.8. The second kappa shape index (κ2) is 9.07. The average molecular weight is 397 g/mol. The van der Waals surface area contributed by atoms with E-state index in [4.69, 9.17) is 0 Å². The van der Waals surface area contributed by atoms with E-state index in [1.54, 1.807) is 17.0 Å². The Labute approximate surface area is 171 Å². The first-order valence-corrected chi connectivity index (χ1v) is 10.0. The number of benzene rings is 2. The molecule has 2 aromatic rings. The minimum Gasteiger partial charge on any atom is -0.326 e. The number of carbonyl (C=O) groups excluding carboxylic acids is 2. The maximum Gasteiger partial charge on any atom is 0.321 e. The number of anilines is 2. The van der Waals surface area contributed by atoms with Crippen molar-refractivity contribution in [2.75, 3.05) is 23.7 Å². The minimum atomic E-state index is -0.336. The van der Waals surface area contributed by atoms with Gasteiger partial charge in [0.05, 0.1) is 0 Å². The quantitative estimate of drug-likeness (QED) is 0.766. The molecule has 1 fully saturated rings. The molecule has 0 bridgehead atoms. The molecule has 2 aromatic carbocycles. The van der Waals surface area contributed by atoms with Crippen LogP contribution >= 0.6 is 0 Å². The van der Waals surface area contributed by atoms with Crippen LogP contribution in [0, 0.1) is 31.5 Å². The summed E-state index contributed by atoms with van der Waals surface area (Å²) in [6.45, 7) is 7.22. The molecule has 29 heavy (non-hydrogen) atoms. The molecule has 0 saturated carbocycles. The van der Waals surface area contributed by atoms with E-state index in [1.165, 1.54) is 17.7 Å². The van der Waals surface area contributed by atoms with Crippen LogP contribution in [0.3, 0.4) is 0 Å². The number of piperidine rings is 1. The number of aryl methyl sites for hydroxylation is 2. The van der Waals surface area contributed by atoms with E-state index in [1.807, 2.05) is 39.0 Å². The summed E-state index contributed by atoms with van der Waals surface area (Å²) in [6.07, 6.45) is 1.55. The average Bonchev–Trinajstić information content (AvgIpc) is 2.72. The molecule has 3 amide bonds. The van der Waals surface area contributed by atoms with Gasteiger partial charge in [0.1, 0.15) is 5.82 Å². The third kappa shape index (κ3) is 5.34. The Morgan fingerprint density at radius 2 is 1.59 bits per heavy atom. The van der Waals surface area contributed by atoms with Crippen molar-refractivity contribution in [3.63, 3.8) is 0 Å². The molecule has 2 N–H and O–H groups in total. The molecular weight excluding hydrogens is 369 g/mol. The van der Waals surface area contributed by atoms with Gasteiger partial charge in [0.15, 0.2) is 0 Å². The van der Waals surface area contributed by atoms with Crippen molar-refractivity contribution in [1.29, 1.82) is 0 Å². The second-order valence-electron chi connectivity index (χ2n) is 7.84. The van der Waals surface area contributed by atoms with Gasteiger partial charge in [-0.05, 0) is 80.1 Å². The maximum atomic E-state index is 13.0. The van der Waals surface area contributed by atoms with E-state index in [9.17, 15) is 14.0 Å². The van der Waals surface area contributed by atoms with Gasteiger partial charge in [-0.2, -0.15) is 0 Å². The Morgan fingerprint density at radius 1 is 0.966 bits per heavy atom. The third-order valence-corrected chi connectivity index (χ3v) is 5.82. The van der Waals surface area contributed by atoms with Gasteiger partial charge in [0.2, 0.25) is 5.91 Å². The van der Waals surface area contributed by atoms with E-state index < -0.39 is 0 Å². The fourth-order valence-electron chi connectivity index (χ4n) is 3.63. The Hall–Kier alpha value is -2.89. The van der Waals surface area contributed by atoms with Crippen LogP contribution in [0.2, 0.25) is 0 Å². The van der Waals surface area contributed by atoms with Crippen molar-refractivity contribution in [3.05, 3.63) is 59.4 Å². The number of nitrogens with zero attached hydrogens (tertiary/aromatic N) is 1. The summed E-state index contributed by atoms with van der Waals surface area (Å²) in [5.41, 5.74) is 3.74. The zero-order valence-electron chi connectivity index (χ0n) is 17.2. The Bertz CT molecular complexity index is 874. The number of halogens is 1. The summed E-state index contributed by atoms with van der Waals surface area (Å²) in [5, 5.41) is 5.80. The standard InChI is InChI=1S/C23H28FN3O2/c1-15-4-7-21(14-16(15)2)25-22(28)17(3)18-10-12-27(13-11-18)23(29)26-20-8-5-19(24)6-9-20/h4-9,14,17-18H,10-13H2,1-3H3,(H,25,28)(H,26,29). The molecule has 1 unspecified atom stereocenters. The number of hydrogen-bond donors (Lipinski definition) is 2. The van der Waals surface area contributed by atoms with Gasteiger partial charge < -0.3 is 15.5 Å². The number of hydrogen-bond acceptors (Lipinski definition) is 2. The summed E-state index contributed by atoms with van der Waals surface area (Å²) >= 11 is 0. The molecule has 1 heterocycles. The first kappa shape index (κ1) is 20.8. The van der Waals surface area contributed by atoms with Crippen molar-refractivity contribution in [1.82, 2.24) is 4.90 Å². The lowest BCUT2D eigenvalue weighted by Crippen LogP contribution is -2.43. The molecule has 154 valence electrons. The summed E-state index contributed by atoms with van der Waals surface area (Å²) in [5.74, 6) is -0.213. The molecule has 3 rings (SSSR count). The Morgan fingerprint density at radius 3 is 2.21 bits per heavy atom. The highest BCUT2D eigenvalue weighted by Crippen LogP contribution is 2.27. The van der Waals surface area contributed by atoms with E-state index >= 15 is 0 Å². The Balaban J connectivity index is 1.49. The second-order valence-corrected chi connectivity index (χ2v) is 7.84. The van der Waals surface area contributed by atoms with Gasteiger partial charge in [-0.25, -0.2) is 9.18 Å². The molecule has 5 nitrogen and oxygen atoms in total. The van der Waals surface area contributed by atoms with Crippen LogP contribution in [0.15, 0.2) is 42.5 Å². The van der Waals surface area contributed by atoms with Crippen molar-refractivity contribution < 1.29 is 14.0 Å². The number of amides is 3. The largest absolute Gasteiger partial charge is 0.326 e. The molecule has 1 aliphatic heterocycles. The third-order valence-electron chi connectivity index (χ3n) is 5.82. The molecule has 6 heteroatoms. The molecule has 0 aromatic heterocycles. The number of urea groups is 1. The van der Waals surface area contributed by atoms with Gasteiger partial charge in [-0.1, -0.05) is 13.0 Å². The zero-order chi connectivity index (χ0) is 21.0. The van der Waals surface area contributed by atoms with Crippen LogP contribution in [0.1, 0.15) is 30.9 Å². The van der Waals surface area contributed by atoms with Gasteiger partial charge in [-0.15, -0.1) is 0 Å².